The molecule has 1 saturated carbocycles. The van der Waals surface area contributed by atoms with Gasteiger partial charge in [0.1, 0.15) is 5.75 Å². The van der Waals surface area contributed by atoms with E-state index in [0.29, 0.717) is 11.7 Å². The predicted molar refractivity (Wildman–Crippen MR) is 65.4 cm³/mol. The number of benzene rings is 1. The normalized spacial score (nSPS) is 16.7. The highest BCUT2D eigenvalue weighted by atomic mass is 16.5. The van der Waals surface area contributed by atoms with Crippen LogP contribution in [0.3, 0.4) is 0 Å². The first-order valence-corrected chi connectivity index (χ1v) is 6.20. The molecule has 0 heterocycles. The Bertz CT molecular complexity index is 381. The van der Waals surface area contributed by atoms with Gasteiger partial charge in [-0.2, -0.15) is 0 Å². The average molecular weight is 234 g/mol. The first-order valence-electron chi connectivity index (χ1n) is 6.20. The molecule has 3 heteroatoms. The first kappa shape index (κ1) is 12.0. The Morgan fingerprint density at radius 1 is 1.29 bits per heavy atom. The molecule has 3 nitrogen and oxygen atoms in total. The quantitative estimate of drug-likeness (QED) is 0.870. The highest BCUT2D eigenvalue weighted by Crippen LogP contribution is 2.33. The molecule has 92 valence electrons. The van der Waals surface area contributed by atoms with Crippen LogP contribution in [0.15, 0.2) is 24.3 Å². The van der Waals surface area contributed by atoms with E-state index < -0.39 is 5.97 Å². The SMILES string of the molecule is O=C(O)COc1cccc(C2CCCCC2)c1. The van der Waals surface area contributed by atoms with Crippen molar-refractivity contribution in [3.63, 3.8) is 0 Å². The van der Waals surface area contributed by atoms with E-state index in [1.54, 1.807) is 0 Å². The molecule has 0 spiro atoms. The third-order valence-corrected chi connectivity index (χ3v) is 3.30. The number of hydrogen-bond donors (Lipinski definition) is 1. The summed E-state index contributed by atoms with van der Waals surface area (Å²) in [5, 5.41) is 8.57. The minimum absolute atomic E-state index is 0.270. The number of carboxylic acid groups (broad SMARTS) is 1. The Kier molecular flexibility index (Phi) is 4.02. The molecular formula is C14H18O3. The van der Waals surface area contributed by atoms with Crippen LogP contribution in [-0.4, -0.2) is 17.7 Å². The monoisotopic (exact) mass is 234 g/mol. The van der Waals surface area contributed by atoms with Gasteiger partial charge in [-0.25, -0.2) is 4.79 Å². The highest BCUT2D eigenvalue weighted by molar-refractivity contribution is 5.68. The maximum atomic E-state index is 10.4. The Labute approximate surface area is 101 Å². The fraction of sp³-hybridized carbons (Fsp3) is 0.500. The minimum atomic E-state index is -0.937. The Balaban J connectivity index is 2.02. The van der Waals surface area contributed by atoms with Crippen molar-refractivity contribution in [3.8, 4) is 5.75 Å². The van der Waals surface area contributed by atoms with Crippen LogP contribution in [0.4, 0.5) is 0 Å². The lowest BCUT2D eigenvalue weighted by Crippen LogP contribution is -2.10. The predicted octanol–water partition coefficient (Wildman–Crippen LogP) is 3.20. The van der Waals surface area contributed by atoms with Gasteiger partial charge in [0.25, 0.3) is 0 Å². The molecule has 0 atom stereocenters. The zero-order valence-electron chi connectivity index (χ0n) is 9.89. The maximum absolute atomic E-state index is 10.4. The molecule has 1 fully saturated rings. The molecule has 1 aromatic rings. The first-order chi connectivity index (χ1) is 8.25. The van der Waals surface area contributed by atoms with Crippen molar-refractivity contribution in [1.29, 1.82) is 0 Å². The largest absolute Gasteiger partial charge is 0.482 e. The molecule has 0 saturated heterocycles. The number of carboxylic acids is 1. The lowest BCUT2D eigenvalue weighted by Gasteiger charge is -2.22. The van der Waals surface area contributed by atoms with E-state index >= 15 is 0 Å². The molecule has 2 rings (SSSR count). The van der Waals surface area contributed by atoms with Crippen LogP contribution in [0.25, 0.3) is 0 Å². The molecule has 0 radical (unpaired) electrons. The Hall–Kier alpha value is -1.51. The summed E-state index contributed by atoms with van der Waals surface area (Å²) in [6, 6.07) is 7.86. The van der Waals surface area contributed by atoms with E-state index in [9.17, 15) is 4.79 Å². The van der Waals surface area contributed by atoms with Crippen molar-refractivity contribution in [2.45, 2.75) is 38.0 Å². The van der Waals surface area contributed by atoms with Gasteiger partial charge in [-0.15, -0.1) is 0 Å². The van der Waals surface area contributed by atoms with Crippen molar-refractivity contribution in [3.05, 3.63) is 29.8 Å². The van der Waals surface area contributed by atoms with Gasteiger partial charge in [0.2, 0.25) is 0 Å². The lowest BCUT2D eigenvalue weighted by atomic mass is 9.84. The molecule has 1 aromatic carbocycles. The molecule has 0 aliphatic heterocycles. The van der Waals surface area contributed by atoms with Crippen LogP contribution in [0, 0.1) is 0 Å². The summed E-state index contributed by atoms with van der Waals surface area (Å²) in [4.78, 5) is 10.4. The Morgan fingerprint density at radius 2 is 2.06 bits per heavy atom. The zero-order chi connectivity index (χ0) is 12.1. The number of hydrogen-bond acceptors (Lipinski definition) is 2. The van der Waals surface area contributed by atoms with Crippen LogP contribution in [0.5, 0.6) is 5.75 Å². The third kappa shape index (κ3) is 3.48. The number of aliphatic carboxylic acids is 1. The van der Waals surface area contributed by atoms with E-state index in [-0.39, 0.29) is 6.61 Å². The molecule has 1 N–H and O–H groups in total. The second-order valence-electron chi connectivity index (χ2n) is 4.59. The molecule has 0 bridgehead atoms. The van der Waals surface area contributed by atoms with E-state index in [0.717, 1.165) is 0 Å². The van der Waals surface area contributed by atoms with Crippen LogP contribution < -0.4 is 4.74 Å². The van der Waals surface area contributed by atoms with Crippen molar-refractivity contribution in [1.82, 2.24) is 0 Å². The van der Waals surface area contributed by atoms with Crippen LogP contribution >= 0.6 is 0 Å². The molecule has 1 aliphatic rings. The van der Waals surface area contributed by atoms with Crippen LogP contribution in [-0.2, 0) is 4.79 Å². The van der Waals surface area contributed by atoms with Gasteiger partial charge in [-0.3, -0.25) is 0 Å². The standard InChI is InChI=1S/C14H18O3/c15-14(16)10-17-13-8-4-7-12(9-13)11-5-2-1-3-6-11/h4,7-9,11H,1-3,5-6,10H2,(H,15,16). The van der Waals surface area contributed by atoms with Gasteiger partial charge in [0, 0.05) is 0 Å². The van der Waals surface area contributed by atoms with Gasteiger partial charge in [0.15, 0.2) is 6.61 Å². The lowest BCUT2D eigenvalue weighted by molar-refractivity contribution is -0.139. The van der Waals surface area contributed by atoms with Crippen molar-refractivity contribution < 1.29 is 14.6 Å². The van der Waals surface area contributed by atoms with Crippen molar-refractivity contribution in [2.24, 2.45) is 0 Å². The molecule has 0 aromatic heterocycles. The van der Waals surface area contributed by atoms with E-state index in [1.165, 1.54) is 37.7 Å². The summed E-state index contributed by atoms with van der Waals surface area (Å²) < 4.78 is 5.20. The topological polar surface area (TPSA) is 46.5 Å². The average Bonchev–Trinajstić information content (AvgIpc) is 2.38. The molecule has 17 heavy (non-hydrogen) atoms. The van der Waals surface area contributed by atoms with Gasteiger partial charge in [-0.1, -0.05) is 31.4 Å². The highest BCUT2D eigenvalue weighted by Gasteiger charge is 2.15. The van der Waals surface area contributed by atoms with E-state index in [4.69, 9.17) is 9.84 Å². The van der Waals surface area contributed by atoms with Crippen LogP contribution in [0.1, 0.15) is 43.6 Å². The van der Waals surface area contributed by atoms with Crippen molar-refractivity contribution in [2.75, 3.05) is 6.61 Å². The molecule has 0 amide bonds. The fourth-order valence-corrected chi connectivity index (χ4v) is 2.44. The molecule has 1 aliphatic carbocycles. The van der Waals surface area contributed by atoms with Gasteiger partial charge in [0.05, 0.1) is 0 Å². The molecule has 0 unspecified atom stereocenters. The van der Waals surface area contributed by atoms with Crippen LogP contribution in [0.2, 0.25) is 0 Å². The number of ether oxygens (including phenoxy) is 1. The minimum Gasteiger partial charge on any atom is -0.482 e. The number of carbonyl (C=O) groups is 1. The van der Waals surface area contributed by atoms with Gasteiger partial charge in [-0.05, 0) is 36.5 Å². The third-order valence-electron chi connectivity index (χ3n) is 3.30. The second kappa shape index (κ2) is 5.71. The van der Waals surface area contributed by atoms with Gasteiger partial charge < -0.3 is 9.84 Å². The molecular weight excluding hydrogens is 216 g/mol. The van der Waals surface area contributed by atoms with E-state index in [1.807, 2.05) is 18.2 Å². The Morgan fingerprint density at radius 3 is 2.76 bits per heavy atom. The smallest absolute Gasteiger partial charge is 0.341 e. The summed E-state index contributed by atoms with van der Waals surface area (Å²) >= 11 is 0. The van der Waals surface area contributed by atoms with Gasteiger partial charge >= 0.3 is 5.97 Å². The number of rotatable bonds is 4. The second-order valence-corrected chi connectivity index (χ2v) is 4.59. The maximum Gasteiger partial charge on any atom is 0.341 e. The summed E-state index contributed by atoms with van der Waals surface area (Å²) in [5.74, 6) is 0.348. The fourth-order valence-electron chi connectivity index (χ4n) is 2.44. The summed E-state index contributed by atoms with van der Waals surface area (Å²) in [6.45, 7) is -0.270. The van der Waals surface area contributed by atoms with E-state index in [2.05, 4.69) is 6.07 Å². The zero-order valence-corrected chi connectivity index (χ0v) is 9.89. The summed E-state index contributed by atoms with van der Waals surface area (Å²) in [6.07, 6.45) is 6.41. The summed E-state index contributed by atoms with van der Waals surface area (Å²) in [5.41, 5.74) is 1.28. The van der Waals surface area contributed by atoms with Crippen molar-refractivity contribution >= 4 is 5.97 Å². The summed E-state index contributed by atoms with van der Waals surface area (Å²) in [7, 11) is 0.